The predicted octanol–water partition coefficient (Wildman–Crippen LogP) is 1.25. The van der Waals surface area contributed by atoms with Crippen LogP contribution in [0.1, 0.15) is 43.1 Å². The van der Waals surface area contributed by atoms with E-state index in [1.165, 1.54) is 12.1 Å². The standard InChI is InChI=1S/C16H23NO6S2/c1-16(2,3)17-25(21,22)10-12-5-4-6-13(9-12)15(18)23-14-7-8-24(19,20)11-14/h4-6,9,14,17H,7-8,10-11H2,1-3H3/t14-/m1/s1. The Balaban J connectivity index is 2.07. The van der Waals surface area contributed by atoms with Gasteiger partial charge in [-0.2, -0.15) is 0 Å². The highest BCUT2D eigenvalue weighted by molar-refractivity contribution is 7.91. The number of carbonyl (C=O) groups excluding carboxylic acids is 1. The van der Waals surface area contributed by atoms with E-state index in [0.29, 0.717) is 5.56 Å². The molecule has 9 heteroatoms. The molecular weight excluding hydrogens is 366 g/mol. The molecule has 25 heavy (non-hydrogen) atoms. The number of hydrogen-bond donors (Lipinski definition) is 1. The second-order valence-corrected chi connectivity index (χ2v) is 11.2. The average molecular weight is 389 g/mol. The Labute approximate surface area is 148 Å². The van der Waals surface area contributed by atoms with Crippen molar-refractivity contribution in [3.8, 4) is 0 Å². The quantitative estimate of drug-likeness (QED) is 0.760. The molecule has 1 N–H and O–H groups in total. The van der Waals surface area contributed by atoms with Gasteiger partial charge in [0.15, 0.2) is 9.84 Å². The van der Waals surface area contributed by atoms with Crippen LogP contribution >= 0.6 is 0 Å². The highest BCUT2D eigenvalue weighted by atomic mass is 32.2. The zero-order chi connectivity index (χ0) is 18.9. The second kappa shape index (κ2) is 7.05. The molecule has 1 aromatic carbocycles. The van der Waals surface area contributed by atoms with Crippen LogP contribution in [0.25, 0.3) is 0 Å². The molecule has 1 atom stereocenters. The van der Waals surface area contributed by atoms with Gasteiger partial charge in [-0.15, -0.1) is 0 Å². The molecule has 2 rings (SSSR count). The van der Waals surface area contributed by atoms with Crippen LogP contribution in [0, 0.1) is 0 Å². The van der Waals surface area contributed by atoms with Crippen LogP contribution in [0.5, 0.6) is 0 Å². The number of sulfone groups is 1. The van der Waals surface area contributed by atoms with Gasteiger partial charge in [0.25, 0.3) is 0 Å². The van der Waals surface area contributed by atoms with Crippen LogP contribution in [0.3, 0.4) is 0 Å². The Kier molecular flexibility index (Phi) is 5.60. The van der Waals surface area contributed by atoms with Crippen LogP contribution in [0.4, 0.5) is 0 Å². The van der Waals surface area contributed by atoms with Crippen molar-refractivity contribution in [2.75, 3.05) is 11.5 Å². The second-order valence-electron chi connectivity index (χ2n) is 7.24. The fourth-order valence-corrected chi connectivity index (χ4v) is 5.80. The van der Waals surface area contributed by atoms with E-state index < -0.39 is 37.5 Å². The molecule has 0 radical (unpaired) electrons. The van der Waals surface area contributed by atoms with E-state index in [2.05, 4.69) is 4.72 Å². The molecule has 0 unspecified atom stereocenters. The first kappa shape index (κ1) is 19.9. The summed E-state index contributed by atoms with van der Waals surface area (Å²) in [5, 5.41) is 0. The van der Waals surface area contributed by atoms with Crippen LogP contribution in [-0.2, 0) is 30.4 Å². The van der Waals surface area contributed by atoms with Gasteiger partial charge in [0.1, 0.15) is 6.10 Å². The molecule has 0 spiro atoms. The largest absolute Gasteiger partial charge is 0.458 e. The van der Waals surface area contributed by atoms with Crippen LogP contribution in [0.15, 0.2) is 24.3 Å². The number of rotatable bonds is 5. The highest BCUT2D eigenvalue weighted by Gasteiger charge is 2.31. The van der Waals surface area contributed by atoms with E-state index in [4.69, 9.17) is 4.74 Å². The minimum Gasteiger partial charge on any atom is -0.458 e. The third-order valence-corrected chi connectivity index (χ3v) is 6.82. The Bertz CT molecular complexity index is 853. The van der Waals surface area contributed by atoms with Gasteiger partial charge in [0, 0.05) is 5.54 Å². The smallest absolute Gasteiger partial charge is 0.338 e. The van der Waals surface area contributed by atoms with Gasteiger partial charge in [-0.3, -0.25) is 0 Å². The minimum absolute atomic E-state index is 0.0156. The van der Waals surface area contributed by atoms with Crippen molar-refractivity contribution >= 4 is 25.8 Å². The van der Waals surface area contributed by atoms with Crippen molar-refractivity contribution in [1.29, 1.82) is 0 Å². The summed E-state index contributed by atoms with van der Waals surface area (Å²) in [7, 11) is -6.69. The highest BCUT2D eigenvalue weighted by Crippen LogP contribution is 2.18. The van der Waals surface area contributed by atoms with Gasteiger partial charge in [-0.05, 0) is 44.9 Å². The molecule has 1 aliphatic heterocycles. The molecule has 1 aliphatic rings. The molecule has 7 nitrogen and oxygen atoms in total. The first-order valence-electron chi connectivity index (χ1n) is 7.87. The maximum Gasteiger partial charge on any atom is 0.338 e. The third-order valence-electron chi connectivity index (χ3n) is 3.45. The predicted molar refractivity (Wildman–Crippen MR) is 94.4 cm³/mol. The molecule has 0 amide bonds. The van der Waals surface area contributed by atoms with Gasteiger partial charge in [0.2, 0.25) is 10.0 Å². The van der Waals surface area contributed by atoms with E-state index in [1.807, 2.05) is 0 Å². The fourth-order valence-electron chi connectivity index (χ4n) is 2.58. The Morgan fingerprint density at radius 2 is 2.00 bits per heavy atom. The lowest BCUT2D eigenvalue weighted by atomic mass is 10.1. The number of sulfonamides is 1. The maximum atomic E-state index is 12.2. The molecule has 140 valence electrons. The molecule has 0 saturated carbocycles. The third kappa shape index (κ3) is 6.41. The van der Waals surface area contributed by atoms with Crippen molar-refractivity contribution in [1.82, 2.24) is 4.72 Å². The van der Waals surface area contributed by atoms with Gasteiger partial charge in [0.05, 0.1) is 22.8 Å². The van der Waals surface area contributed by atoms with E-state index in [-0.39, 0.29) is 29.2 Å². The number of ether oxygens (including phenoxy) is 1. The van der Waals surface area contributed by atoms with Crippen molar-refractivity contribution in [3.05, 3.63) is 35.4 Å². The molecule has 1 fully saturated rings. The number of benzene rings is 1. The summed E-state index contributed by atoms with van der Waals surface area (Å²) >= 11 is 0. The molecule has 1 aromatic rings. The van der Waals surface area contributed by atoms with Gasteiger partial charge < -0.3 is 4.74 Å². The van der Waals surface area contributed by atoms with Crippen molar-refractivity contribution < 1.29 is 26.4 Å². The fraction of sp³-hybridized carbons (Fsp3) is 0.562. The van der Waals surface area contributed by atoms with Gasteiger partial charge in [-0.25, -0.2) is 26.4 Å². The SMILES string of the molecule is CC(C)(C)NS(=O)(=O)Cc1cccc(C(=O)O[C@@H]2CCS(=O)(=O)C2)c1. The van der Waals surface area contributed by atoms with E-state index in [9.17, 15) is 21.6 Å². The maximum absolute atomic E-state index is 12.2. The first-order valence-corrected chi connectivity index (χ1v) is 11.3. The number of hydrogen-bond acceptors (Lipinski definition) is 6. The molecule has 0 aliphatic carbocycles. The lowest BCUT2D eigenvalue weighted by Gasteiger charge is -2.20. The van der Waals surface area contributed by atoms with E-state index in [1.54, 1.807) is 32.9 Å². The summed E-state index contributed by atoms with van der Waals surface area (Å²) < 4.78 is 54.9. The van der Waals surface area contributed by atoms with Crippen molar-refractivity contribution in [2.24, 2.45) is 0 Å². The number of carbonyl (C=O) groups is 1. The minimum atomic E-state index is -3.55. The lowest BCUT2D eigenvalue weighted by molar-refractivity contribution is 0.0356. The summed E-state index contributed by atoms with van der Waals surface area (Å²) in [4.78, 5) is 12.2. The number of esters is 1. The zero-order valence-corrected chi connectivity index (χ0v) is 16.1. The molecule has 1 saturated heterocycles. The van der Waals surface area contributed by atoms with Crippen LogP contribution in [0.2, 0.25) is 0 Å². The molecular formula is C16H23NO6S2. The van der Waals surface area contributed by atoms with Crippen LogP contribution in [-0.4, -0.2) is 46.0 Å². The van der Waals surface area contributed by atoms with E-state index >= 15 is 0 Å². The summed E-state index contributed by atoms with van der Waals surface area (Å²) in [5.74, 6) is -1.06. The summed E-state index contributed by atoms with van der Waals surface area (Å²) in [6, 6.07) is 6.15. The van der Waals surface area contributed by atoms with Crippen molar-refractivity contribution in [2.45, 2.75) is 44.6 Å². The normalized spacial score (nSPS) is 20.4. The molecule has 0 bridgehead atoms. The van der Waals surface area contributed by atoms with Crippen molar-refractivity contribution in [3.63, 3.8) is 0 Å². The molecule has 0 aromatic heterocycles. The molecule has 1 heterocycles. The zero-order valence-electron chi connectivity index (χ0n) is 14.5. The van der Waals surface area contributed by atoms with Gasteiger partial charge >= 0.3 is 5.97 Å². The van der Waals surface area contributed by atoms with E-state index in [0.717, 1.165) is 0 Å². The van der Waals surface area contributed by atoms with Crippen LogP contribution < -0.4 is 4.72 Å². The van der Waals surface area contributed by atoms with Gasteiger partial charge in [-0.1, -0.05) is 12.1 Å². The summed E-state index contributed by atoms with van der Waals surface area (Å²) in [6.07, 6.45) is -0.357. The Morgan fingerprint density at radius 1 is 1.32 bits per heavy atom. The Hall–Kier alpha value is -1.45. The lowest BCUT2D eigenvalue weighted by Crippen LogP contribution is -2.41. The monoisotopic (exact) mass is 389 g/mol. The topological polar surface area (TPSA) is 107 Å². The number of nitrogens with one attached hydrogen (secondary N) is 1. The average Bonchev–Trinajstić information content (AvgIpc) is 2.74. The summed E-state index contributed by atoms with van der Waals surface area (Å²) in [6.45, 7) is 5.23. The summed E-state index contributed by atoms with van der Waals surface area (Å²) in [5.41, 5.74) is 0.0570. The Morgan fingerprint density at radius 3 is 2.56 bits per heavy atom. The first-order chi connectivity index (χ1) is 11.4.